The zero-order chi connectivity index (χ0) is 31.7. The average Bonchev–Trinajstić information content (AvgIpc) is 2.82. The molecule has 0 bridgehead atoms. The second kappa shape index (κ2) is 11.7. The van der Waals surface area contributed by atoms with E-state index in [4.69, 9.17) is 5.11 Å². The number of rotatable bonds is 12. The monoisotopic (exact) mass is 632 g/mol. The summed E-state index contributed by atoms with van der Waals surface area (Å²) in [5.41, 5.74) is -7.70. The zero-order valence-electron chi connectivity index (χ0n) is 20.3. The fourth-order valence-corrected chi connectivity index (χ4v) is 5.66. The fraction of sp³-hybridized carbons (Fsp3) is 0.458. The molecular formula is C24H20F12O4S. The molecular weight excluding hydrogens is 612 g/mol. The largest absolute Gasteiger partial charge is 0.481 e. The van der Waals surface area contributed by atoms with Gasteiger partial charge in [-0.2, -0.15) is 43.9 Å². The molecule has 0 aliphatic carbocycles. The van der Waals surface area contributed by atoms with Crippen LogP contribution in [0.15, 0.2) is 53.4 Å². The van der Waals surface area contributed by atoms with E-state index in [0.29, 0.717) is 29.8 Å². The molecule has 17 heteroatoms. The molecule has 2 aromatic rings. The molecule has 4 nitrogen and oxygen atoms in total. The summed E-state index contributed by atoms with van der Waals surface area (Å²) in [6.45, 7) is 0. The van der Waals surface area contributed by atoms with Crippen molar-refractivity contribution in [3.8, 4) is 0 Å². The molecule has 0 heterocycles. The fourth-order valence-electron chi connectivity index (χ4n) is 3.87. The number of aryl methyl sites for hydroxylation is 1. The molecule has 0 aliphatic heterocycles. The minimum atomic E-state index is -7.68. The van der Waals surface area contributed by atoms with E-state index >= 15 is 0 Å². The molecule has 0 spiro atoms. The van der Waals surface area contributed by atoms with Crippen molar-refractivity contribution < 1.29 is 71.0 Å². The summed E-state index contributed by atoms with van der Waals surface area (Å²) in [4.78, 5) is 9.89. The van der Waals surface area contributed by atoms with Gasteiger partial charge in [-0.25, -0.2) is 17.2 Å². The Morgan fingerprint density at radius 3 is 1.71 bits per heavy atom. The number of sulfone groups is 1. The maximum absolute atomic E-state index is 14.5. The maximum Gasteiger partial charge on any atom is 0.438 e. The number of hydrogen-bond donors (Lipinski definition) is 1. The first kappa shape index (κ1) is 34.2. The van der Waals surface area contributed by atoms with Gasteiger partial charge < -0.3 is 5.11 Å². The van der Waals surface area contributed by atoms with Crippen LogP contribution in [-0.4, -0.2) is 49.4 Å². The highest BCUT2D eigenvalue weighted by molar-refractivity contribution is 7.91. The van der Waals surface area contributed by atoms with Crippen LogP contribution in [0, 0.1) is 5.82 Å². The molecule has 1 N–H and O–H groups in total. The standard InChI is InChI=1S/C24H20F12O4S/c25-16-8-10-17(11-9-16)41(39,40)18(15-6-4-14(5-7-15)2-1-3-19(37)38)12-13-20(26,27)22(29,30)21(28,23(31,32)33)24(34,35)36/h4-11,18H,1-3,12-13H2,(H,37,38). The highest BCUT2D eigenvalue weighted by atomic mass is 32.2. The van der Waals surface area contributed by atoms with Crippen molar-refractivity contribution in [1.29, 1.82) is 0 Å². The van der Waals surface area contributed by atoms with Crippen LogP contribution in [0.25, 0.3) is 0 Å². The van der Waals surface area contributed by atoms with E-state index in [1.54, 1.807) is 0 Å². The molecule has 0 amide bonds. The van der Waals surface area contributed by atoms with Crippen molar-refractivity contribution in [3.05, 3.63) is 65.5 Å². The first-order chi connectivity index (χ1) is 18.5. The third-order valence-corrected chi connectivity index (χ3v) is 8.30. The van der Waals surface area contributed by atoms with Crippen molar-refractivity contribution in [1.82, 2.24) is 0 Å². The molecule has 0 fully saturated rings. The third-order valence-electron chi connectivity index (χ3n) is 6.12. The van der Waals surface area contributed by atoms with Gasteiger partial charge in [0.05, 0.1) is 10.1 Å². The molecule has 1 unspecified atom stereocenters. The van der Waals surface area contributed by atoms with E-state index in [-0.39, 0.29) is 19.3 Å². The molecule has 1 atom stereocenters. The highest BCUT2D eigenvalue weighted by Crippen LogP contribution is 2.60. The summed E-state index contributed by atoms with van der Waals surface area (Å²) in [5.74, 6) is -15.9. The van der Waals surface area contributed by atoms with Crippen molar-refractivity contribution in [3.63, 3.8) is 0 Å². The number of benzene rings is 2. The quantitative estimate of drug-likeness (QED) is 0.193. The summed E-state index contributed by atoms with van der Waals surface area (Å²) < 4.78 is 188. The smallest absolute Gasteiger partial charge is 0.438 e. The van der Waals surface area contributed by atoms with Gasteiger partial charge in [0.2, 0.25) is 0 Å². The summed E-state index contributed by atoms with van der Waals surface area (Å²) in [7, 11) is -4.93. The number of aliphatic carboxylic acids is 1. The van der Waals surface area contributed by atoms with Gasteiger partial charge in [-0.1, -0.05) is 24.3 Å². The molecule has 0 aliphatic rings. The number of carboxylic acid groups (broad SMARTS) is 1. The van der Waals surface area contributed by atoms with Crippen molar-refractivity contribution in [2.24, 2.45) is 0 Å². The van der Waals surface area contributed by atoms with E-state index in [1.807, 2.05) is 0 Å². The highest BCUT2D eigenvalue weighted by Gasteiger charge is 2.89. The zero-order valence-corrected chi connectivity index (χ0v) is 21.2. The van der Waals surface area contributed by atoms with Crippen molar-refractivity contribution in [2.75, 3.05) is 0 Å². The van der Waals surface area contributed by atoms with Crippen molar-refractivity contribution in [2.45, 2.75) is 72.1 Å². The lowest BCUT2D eigenvalue weighted by Crippen LogP contribution is -2.70. The van der Waals surface area contributed by atoms with Crippen LogP contribution in [0.4, 0.5) is 52.7 Å². The molecule has 0 aromatic heterocycles. The Morgan fingerprint density at radius 1 is 0.780 bits per heavy atom. The number of hydrogen-bond acceptors (Lipinski definition) is 3. The first-order valence-corrected chi connectivity index (χ1v) is 12.9. The van der Waals surface area contributed by atoms with Gasteiger partial charge in [0.1, 0.15) is 5.82 Å². The molecule has 41 heavy (non-hydrogen) atoms. The van der Waals surface area contributed by atoms with E-state index in [1.165, 1.54) is 12.1 Å². The third kappa shape index (κ3) is 6.92. The van der Waals surface area contributed by atoms with E-state index < -0.39 is 80.0 Å². The SMILES string of the molecule is O=C(O)CCCc1ccc(C(CCC(F)(F)C(F)(F)C(F)(C(F)(F)F)C(F)(F)F)S(=O)(=O)c2ccc(F)cc2)cc1. The lowest BCUT2D eigenvalue weighted by atomic mass is 9.88. The van der Waals surface area contributed by atoms with Crippen LogP contribution in [0.1, 0.15) is 42.1 Å². The molecule has 2 rings (SSSR count). The topological polar surface area (TPSA) is 71.4 Å². The normalized spacial score (nSPS) is 14.6. The Morgan fingerprint density at radius 2 is 1.27 bits per heavy atom. The predicted molar refractivity (Wildman–Crippen MR) is 118 cm³/mol. The van der Waals surface area contributed by atoms with Gasteiger partial charge in [-0.05, 0) is 54.7 Å². The van der Waals surface area contributed by atoms with Gasteiger partial charge in [0, 0.05) is 12.8 Å². The van der Waals surface area contributed by atoms with Crippen LogP contribution in [0.3, 0.4) is 0 Å². The number of alkyl halides is 11. The van der Waals surface area contributed by atoms with Gasteiger partial charge in [0.15, 0.2) is 9.84 Å². The van der Waals surface area contributed by atoms with Crippen LogP contribution in [0.2, 0.25) is 0 Å². The van der Waals surface area contributed by atoms with E-state index in [9.17, 15) is 65.9 Å². The Hall–Kier alpha value is -2.98. The second-order valence-corrected chi connectivity index (χ2v) is 11.1. The van der Waals surface area contributed by atoms with E-state index in [0.717, 1.165) is 12.1 Å². The minimum Gasteiger partial charge on any atom is -0.481 e. The maximum atomic E-state index is 14.5. The molecule has 0 radical (unpaired) electrons. The Bertz CT molecular complexity index is 1290. The molecule has 0 saturated carbocycles. The van der Waals surface area contributed by atoms with Crippen LogP contribution < -0.4 is 0 Å². The Balaban J connectivity index is 2.52. The van der Waals surface area contributed by atoms with Gasteiger partial charge >= 0.3 is 35.8 Å². The summed E-state index contributed by atoms with van der Waals surface area (Å²) >= 11 is 0. The van der Waals surface area contributed by atoms with Crippen LogP contribution in [0.5, 0.6) is 0 Å². The Labute approximate surface area is 224 Å². The van der Waals surface area contributed by atoms with E-state index in [2.05, 4.69) is 0 Å². The lowest BCUT2D eigenvalue weighted by Gasteiger charge is -2.39. The summed E-state index contributed by atoms with van der Waals surface area (Å²) in [6.07, 6.45) is -19.4. The average molecular weight is 632 g/mol. The molecule has 230 valence electrons. The second-order valence-electron chi connectivity index (χ2n) is 8.95. The van der Waals surface area contributed by atoms with Crippen molar-refractivity contribution >= 4 is 15.8 Å². The molecule has 2 aromatic carbocycles. The Kier molecular flexibility index (Phi) is 9.78. The molecule has 0 saturated heterocycles. The number of halogens is 12. The summed E-state index contributed by atoms with van der Waals surface area (Å²) in [6, 6.07) is 6.96. The van der Waals surface area contributed by atoms with Crippen LogP contribution in [-0.2, 0) is 21.1 Å². The number of carboxylic acids is 1. The van der Waals surface area contributed by atoms with Gasteiger partial charge in [-0.3, -0.25) is 4.79 Å². The van der Waals surface area contributed by atoms with Gasteiger partial charge in [-0.15, -0.1) is 0 Å². The first-order valence-electron chi connectivity index (χ1n) is 11.4. The predicted octanol–water partition coefficient (Wildman–Crippen LogP) is 7.63. The minimum absolute atomic E-state index is 0.122. The summed E-state index contributed by atoms with van der Waals surface area (Å²) in [5, 5.41) is 6.39. The lowest BCUT2D eigenvalue weighted by molar-refractivity contribution is -0.427. The van der Waals surface area contributed by atoms with Crippen LogP contribution >= 0.6 is 0 Å². The van der Waals surface area contributed by atoms with Gasteiger partial charge in [0.25, 0.3) is 0 Å². The number of carbonyl (C=O) groups is 1.